The number of carboxylic acids is 1. The predicted octanol–water partition coefficient (Wildman–Crippen LogP) is 1.33. The van der Waals surface area contributed by atoms with Crippen molar-refractivity contribution in [3.63, 3.8) is 0 Å². The molecule has 7 heteroatoms. The van der Waals surface area contributed by atoms with Crippen LogP contribution in [0.5, 0.6) is 0 Å². The first-order valence-electron chi connectivity index (χ1n) is 4.60. The molecule has 5 nitrogen and oxygen atoms in total. The smallest absolute Gasteiger partial charge is 0.347 e. The lowest BCUT2D eigenvalue weighted by Crippen LogP contribution is -2.18. The van der Waals surface area contributed by atoms with Crippen LogP contribution in [0.1, 0.15) is 32.9 Å². The highest BCUT2D eigenvalue weighted by Crippen LogP contribution is 2.26. The molecule has 0 saturated heterocycles. The van der Waals surface area contributed by atoms with Crippen molar-refractivity contribution in [1.29, 1.82) is 0 Å². The van der Waals surface area contributed by atoms with E-state index in [1.165, 1.54) is 0 Å². The molecular formula is C9H12BrNO4S. The molecule has 0 saturated carbocycles. The van der Waals surface area contributed by atoms with Gasteiger partial charge in [0.15, 0.2) is 0 Å². The van der Waals surface area contributed by atoms with Gasteiger partial charge in [-0.15, -0.1) is 11.3 Å². The number of alkyl halides is 1. The van der Waals surface area contributed by atoms with E-state index >= 15 is 0 Å². The molecule has 1 heterocycles. The Morgan fingerprint density at radius 3 is 2.62 bits per heavy atom. The van der Waals surface area contributed by atoms with Crippen LogP contribution in [0.25, 0.3) is 0 Å². The summed E-state index contributed by atoms with van der Waals surface area (Å²) < 4.78 is 0. The number of hydrogen-bond donors (Lipinski definition) is 3. The number of carbonyl (C=O) groups is 1. The third kappa shape index (κ3) is 3.00. The summed E-state index contributed by atoms with van der Waals surface area (Å²) in [5.74, 6) is -1.07. The van der Waals surface area contributed by atoms with Crippen molar-refractivity contribution in [1.82, 2.24) is 4.98 Å². The standard InChI is InChI=1S/C9H12BrNO4S/c1-4-7(9(14)15)16-8(11-4)6(13)5(12)2-3-10/h5-6,12-13H,2-3H2,1H3,(H,14,15). The van der Waals surface area contributed by atoms with E-state index in [1.54, 1.807) is 6.92 Å². The molecule has 0 aliphatic carbocycles. The minimum Gasteiger partial charge on any atom is -0.477 e. The summed E-state index contributed by atoms with van der Waals surface area (Å²) in [7, 11) is 0. The Hall–Kier alpha value is -0.500. The molecule has 0 aliphatic rings. The van der Waals surface area contributed by atoms with Gasteiger partial charge >= 0.3 is 5.97 Å². The normalized spacial score (nSPS) is 14.8. The molecule has 1 rings (SSSR count). The van der Waals surface area contributed by atoms with Crippen molar-refractivity contribution < 1.29 is 20.1 Å². The Morgan fingerprint density at radius 1 is 1.56 bits per heavy atom. The molecule has 3 N–H and O–H groups in total. The number of aromatic carboxylic acids is 1. The first kappa shape index (κ1) is 13.6. The molecule has 0 aromatic carbocycles. The summed E-state index contributed by atoms with van der Waals surface area (Å²) in [5.41, 5.74) is 0.359. The predicted molar refractivity (Wildman–Crippen MR) is 63.2 cm³/mol. The molecule has 0 radical (unpaired) electrons. The van der Waals surface area contributed by atoms with Gasteiger partial charge in [-0.05, 0) is 13.3 Å². The molecule has 90 valence electrons. The summed E-state index contributed by atoms with van der Waals surface area (Å²) in [6, 6.07) is 0. The fourth-order valence-electron chi connectivity index (χ4n) is 1.18. The largest absolute Gasteiger partial charge is 0.477 e. The van der Waals surface area contributed by atoms with Crippen LogP contribution >= 0.6 is 27.3 Å². The Bertz CT molecular complexity index is 382. The molecule has 0 aliphatic heterocycles. The van der Waals surface area contributed by atoms with Crippen molar-refractivity contribution in [3.8, 4) is 0 Å². The van der Waals surface area contributed by atoms with Crippen molar-refractivity contribution >= 4 is 33.2 Å². The fraction of sp³-hybridized carbons (Fsp3) is 0.556. The quantitative estimate of drug-likeness (QED) is 0.714. The second kappa shape index (κ2) is 5.72. The van der Waals surface area contributed by atoms with Gasteiger partial charge in [0.05, 0.1) is 11.8 Å². The monoisotopic (exact) mass is 309 g/mol. The number of nitrogens with zero attached hydrogens (tertiary/aromatic N) is 1. The van der Waals surface area contributed by atoms with Crippen molar-refractivity contribution in [3.05, 3.63) is 15.6 Å². The third-order valence-electron chi connectivity index (χ3n) is 2.03. The average molecular weight is 310 g/mol. The van der Waals surface area contributed by atoms with Crippen LogP contribution < -0.4 is 0 Å². The van der Waals surface area contributed by atoms with Gasteiger partial charge in [-0.2, -0.15) is 0 Å². The summed E-state index contributed by atoms with van der Waals surface area (Å²) in [4.78, 5) is 14.8. The molecule has 16 heavy (non-hydrogen) atoms. The van der Waals surface area contributed by atoms with Crippen LogP contribution in [-0.2, 0) is 0 Å². The van der Waals surface area contributed by atoms with Gasteiger partial charge in [0.2, 0.25) is 0 Å². The van der Waals surface area contributed by atoms with Crippen LogP contribution in [0.4, 0.5) is 0 Å². The average Bonchev–Trinajstić information content (AvgIpc) is 2.59. The summed E-state index contributed by atoms with van der Waals surface area (Å²) in [6.45, 7) is 1.56. The Morgan fingerprint density at radius 2 is 2.19 bits per heavy atom. The summed E-state index contributed by atoms with van der Waals surface area (Å²) in [5, 5.41) is 28.9. The number of carboxylic acid groups (broad SMARTS) is 1. The van der Waals surface area contributed by atoms with Crippen LogP contribution in [0.3, 0.4) is 0 Å². The molecular weight excluding hydrogens is 298 g/mol. The number of halogens is 1. The lowest BCUT2D eigenvalue weighted by molar-refractivity contribution is 0.0172. The molecule has 2 unspecified atom stereocenters. The first-order chi connectivity index (χ1) is 7.47. The van der Waals surface area contributed by atoms with Gasteiger partial charge in [0.25, 0.3) is 0 Å². The maximum Gasteiger partial charge on any atom is 0.347 e. The number of thiazole rings is 1. The van der Waals surface area contributed by atoms with Crippen molar-refractivity contribution in [2.24, 2.45) is 0 Å². The van der Waals surface area contributed by atoms with Gasteiger partial charge in [-0.1, -0.05) is 15.9 Å². The molecule has 0 spiro atoms. The lowest BCUT2D eigenvalue weighted by atomic mass is 10.2. The van der Waals surface area contributed by atoms with E-state index in [9.17, 15) is 15.0 Å². The van der Waals surface area contributed by atoms with Crippen LogP contribution in [0.15, 0.2) is 0 Å². The number of aromatic nitrogens is 1. The van der Waals surface area contributed by atoms with E-state index in [4.69, 9.17) is 5.11 Å². The fourth-order valence-corrected chi connectivity index (χ4v) is 2.60. The second-order valence-corrected chi connectivity index (χ2v) is 5.09. The maximum atomic E-state index is 10.8. The lowest BCUT2D eigenvalue weighted by Gasteiger charge is -2.13. The van der Waals surface area contributed by atoms with Gasteiger partial charge in [0, 0.05) is 5.33 Å². The van der Waals surface area contributed by atoms with Crippen molar-refractivity contribution in [2.75, 3.05) is 5.33 Å². The molecule has 0 amide bonds. The van der Waals surface area contributed by atoms with E-state index in [0.29, 0.717) is 17.4 Å². The zero-order valence-electron chi connectivity index (χ0n) is 8.55. The summed E-state index contributed by atoms with van der Waals surface area (Å²) >= 11 is 4.05. The van der Waals surface area contributed by atoms with Crippen molar-refractivity contribution in [2.45, 2.75) is 25.6 Å². The van der Waals surface area contributed by atoms with Gasteiger partial charge < -0.3 is 15.3 Å². The van der Waals surface area contributed by atoms with Gasteiger partial charge in [-0.25, -0.2) is 9.78 Å². The zero-order valence-corrected chi connectivity index (χ0v) is 11.0. The van der Waals surface area contributed by atoms with E-state index in [-0.39, 0.29) is 9.88 Å². The molecule has 1 aromatic rings. The van der Waals surface area contributed by atoms with E-state index in [2.05, 4.69) is 20.9 Å². The zero-order chi connectivity index (χ0) is 12.3. The minimum atomic E-state index is -1.13. The number of aliphatic hydroxyl groups is 2. The SMILES string of the molecule is Cc1nc(C(O)C(O)CCBr)sc1C(=O)O. The Kier molecular flexibility index (Phi) is 4.85. The van der Waals surface area contributed by atoms with Crippen LogP contribution in [-0.4, -0.2) is 37.7 Å². The highest BCUT2D eigenvalue weighted by atomic mass is 79.9. The number of aryl methyl sites for hydroxylation is 1. The summed E-state index contributed by atoms with van der Waals surface area (Å²) in [6.07, 6.45) is -1.69. The maximum absolute atomic E-state index is 10.8. The van der Waals surface area contributed by atoms with Gasteiger partial charge in [-0.3, -0.25) is 0 Å². The molecule has 0 fully saturated rings. The molecule has 2 atom stereocenters. The number of aliphatic hydroxyl groups excluding tert-OH is 2. The third-order valence-corrected chi connectivity index (χ3v) is 3.70. The highest BCUT2D eigenvalue weighted by Gasteiger charge is 2.24. The number of rotatable bonds is 5. The van der Waals surface area contributed by atoms with Crippen LogP contribution in [0.2, 0.25) is 0 Å². The molecule has 0 bridgehead atoms. The second-order valence-electron chi connectivity index (χ2n) is 3.26. The van der Waals surface area contributed by atoms with E-state index in [1.807, 2.05) is 0 Å². The number of hydrogen-bond acceptors (Lipinski definition) is 5. The van der Waals surface area contributed by atoms with Gasteiger partial charge in [0.1, 0.15) is 16.0 Å². The van der Waals surface area contributed by atoms with Crippen LogP contribution in [0, 0.1) is 6.92 Å². The Balaban J connectivity index is 2.88. The first-order valence-corrected chi connectivity index (χ1v) is 6.54. The van der Waals surface area contributed by atoms with E-state index < -0.39 is 18.2 Å². The minimum absolute atomic E-state index is 0.0973. The van der Waals surface area contributed by atoms with E-state index in [0.717, 1.165) is 11.3 Å². The topological polar surface area (TPSA) is 90.7 Å². The Labute approximate surface area is 105 Å². The molecule has 1 aromatic heterocycles. The highest BCUT2D eigenvalue weighted by molar-refractivity contribution is 9.09.